The van der Waals surface area contributed by atoms with Gasteiger partial charge < -0.3 is 9.73 Å². The number of nitrogens with zero attached hydrogens (tertiary/aromatic N) is 1. The van der Waals surface area contributed by atoms with Gasteiger partial charge in [-0.2, -0.15) is 0 Å². The Morgan fingerprint density at radius 1 is 1.44 bits per heavy atom. The highest BCUT2D eigenvalue weighted by Crippen LogP contribution is 2.13. The number of hydrogen-bond acceptors (Lipinski definition) is 3. The van der Waals surface area contributed by atoms with Gasteiger partial charge in [0.1, 0.15) is 0 Å². The molecule has 16 heavy (non-hydrogen) atoms. The molecule has 0 spiro atoms. The lowest BCUT2D eigenvalue weighted by molar-refractivity contribution is 0.229. The van der Waals surface area contributed by atoms with E-state index in [0.29, 0.717) is 6.04 Å². The van der Waals surface area contributed by atoms with Gasteiger partial charge in [0, 0.05) is 24.7 Å². The molecule has 1 saturated heterocycles. The van der Waals surface area contributed by atoms with Crippen LogP contribution in [0.15, 0.2) is 23.0 Å². The molecule has 2 rings (SSSR count). The Hall–Kier alpha value is -0.800. The van der Waals surface area contributed by atoms with E-state index in [0.717, 1.165) is 13.1 Å². The summed E-state index contributed by atoms with van der Waals surface area (Å²) in [5.74, 6) is 0. The van der Waals surface area contributed by atoms with Crippen molar-refractivity contribution in [2.24, 2.45) is 0 Å². The molecule has 1 aromatic rings. The number of likely N-dealkylation sites (tertiary alicyclic amines) is 1. The maximum absolute atomic E-state index is 5.05. The van der Waals surface area contributed by atoms with Crippen molar-refractivity contribution in [3.63, 3.8) is 0 Å². The zero-order chi connectivity index (χ0) is 11.2. The van der Waals surface area contributed by atoms with Gasteiger partial charge in [0.05, 0.1) is 12.5 Å². The molecule has 90 valence electrons. The minimum Gasteiger partial charge on any atom is -0.472 e. The summed E-state index contributed by atoms with van der Waals surface area (Å²) in [5.41, 5.74) is 1.23. The van der Waals surface area contributed by atoms with Crippen molar-refractivity contribution >= 4 is 0 Å². The Morgan fingerprint density at radius 3 is 2.88 bits per heavy atom. The van der Waals surface area contributed by atoms with Crippen LogP contribution in [0.2, 0.25) is 0 Å². The van der Waals surface area contributed by atoms with Crippen LogP contribution in [0.5, 0.6) is 0 Å². The first kappa shape index (κ1) is 11.7. The third kappa shape index (κ3) is 3.09. The van der Waals surface area contributed by atoms with Gasteiger partial charge in [-0.05, 0) is 38.4 Å². The second kappa shape index (κ2) is 6.06. The van der Waals surface area contributed by atoms with Crippen LogP contribution in [-0.2, 0) is 6.54 Å². The Labute approximate surface area is 97.8 Å². The van der Waals surface area contributed by atoms with Gasteiger partial charge in [-0.25, -0.2) is 0 Å². The molecule has 3 nitrogen and oxygen atoms in total. The predicted molar refractivity (Wildman–Crippen MR) is 65.3 cm³/mol. The van der Waals surface area contributed by atoms with Crippen LogP contribution in [0.25, 0.3) is 0 Å². The number of furan rings is 1. The van der Waals surface area contributed by atoms with Crippen LogP contribution < -0.4 is 5.32 Å². The molecule has 1 aliphatic rings. The number of rotatable bonds is 6. The fraction of sp³-hybridized carbons (Fsp3) is 0.692. The largest absolute Gasteiger partial charge is 0.472 e. The number of nitrogens with one attached hydrogen (secondary N) is 1. The normalized spacial score (nSPS) is 19.1. The summed E-state index contributed by atoms with van der Waals surface area (Å²) in [4.78, 5) is 2.61. The highest BCUT2D eigenvalue weighted by molar-refractivity contribution is 5.04. The molecule has 1 unspecified atom stereocenters. The lowest BCUT2D eigenvalue weighted by atomic mass is 10.2. The van der Waals surface area contributed by atoms with Crippen LogP contribution in [0.4, 0.5) is 0 Å². The van der Waals surface area contributed by atoms with Gasteiger partial charge in [0.15, 0.2) is 0 Å². The first-order chi connectivity index (χ1) is 7.90. The first-order valence-corrected chi connectivity index (χ1v) is 6.36. The summed E-state index contributed by atoms with van der Waals surface area (Å²) in [7, 11) is 0. The van der Waals surface area contributed by atoms with Crippen LogP contribution >= 0.6 is 0 Å². The Morgan fingerprint density at radius 2 is 2.25 bits per heavy atom. The SMILES string of the molecule is CCC(CNCc1ccoc1)N1CCCC1. The van der Waals surface area contributed by atoms with Crippen LogP contribution in [0, 0.1) is 0 Å². The van der Waals surface area contributed by atoms with Gasteiger partial charge in [0.2, 0.25) is 0 Å². The quantitative estimate of drug-likeness (QED) is 0.800. The van der Waals surface area contributed by atoms with Gasteiger partial charge in [-0.1, -0.05) is 6.92 Å². The summed E-state index contributed by atoms with van der Waals surface area (Å²) in [6, 6.07) is 2.72. The fourth-order valence-corrected chi connectivity index (χ4v) is 2.41. The van der Waals surface area contributed by atoms with E-state index in [-0.39, 0.29) is 0 Å². The zero-order valence-electron chi connectivity index (χ0n) is 10.1. The molecule has 0 radical (unpaired) electrons. The highest BCUT2D eigenvalue weighted by atomic mass is 16.3. The van der Waals surface area contributed by atoms with E-state index in [1.807, 2.05) is 12.3 Å². The predicted octanol–water partition coefficient (Wildman–Crippen LogP) is 2.24. The van der Waals surface area contributed by atoms with E-state index < -0.39 is 0 Å². The molecular formula is C13H22N2O. The third-order valence-corrected chi connectivity index (χ3v) is 3.42. The second-order valence-electron chi connectivity index (χ2n) is 4.57. The molecule has 1 aromatic heterocycles. The van der Waals surface area contributed by atoms with E-state index >= 15 is 0 Å². The molecule has 1 aliphatic heterocycles. The van der Waals surface area contributed by atoms with Gasteiger partial charge in [-0.15, -0.1) is 0 Å². The van der Waals surface area contributed by atoms with E-state index in [9.17, 15) is 0 Å². The first-order valence-electron chi connectivity index (χ1n) is 6.36. The Balaban J connectivity index is 1.70. The minimum absolute atomic E-state index is 0.703. The van der Waals surface area contributed by atoms with Crippen molar-refractivity contribution in [1.29, 1.82) is 0 Å². The standard InChI is InChI=1S/C13H22N2O/c1-2-13(15-6-3-4-7-15)10-14-9-12-5-8-16-11-12/h5,8,11,13-14H,2-4,6-7,9-10H2,1H3. The van der Waals surface area contributed by atoms with E-state index in [1.54, 1.807) is 6.26 Å². The van der Waals surface area contributed by atoms with Crippen molar-refractivity contribution in [2.45, 2.75) is 38.8 Å². The molecule has 0 saturated carbocycles. The van der Waals surface area contributed by atoms with Crippen LogP contribution in [0.1, 0.15) is 31.7 Å². The third-order valence-electron chi connectivity index (χ3n) is 3.42. The zero-order valence-corrected chi connectivity index (χ0v) is 10.1. The second-order valence-corrected chi connectivity index (χ2v) is 4.57. The van der Waals surface area contributed by atoms with Gasteiger partial charge in [0.25, 0.3) is 0 Å². The number of hydrogen-bond donors (Lipinski definition) is 1. The molecule has 0 amide bonds. The molecule has 3 heteroatoms. The minimum atomic E-state index is 0.703. The summed E-state index contributed by atoms with van der Waals surface area (Å²) in [6.45, 7) is 6.85. The van der Waals surface area contributed by atoms with Crippen molar-refractivity contribution in [1.82, 2.24) is 10.2 Å². The average Bonchev–Trinajstić information content (AvgIpc) is 2.96. The molecule has 2 heterocycles. The molecule has 0 bridgehead atoms. The van der Waals surface area contributed by atoms with Crippen LogP contribution in [0.3, 0.4) is 0 Å². The monoisotopic (exact) mass is 222 g/mol. The fourth-order valence-electron chi connectivity index (χ4n) is 2.41. The molecule has 1 atom stereocenters. The van der Waals surface area contributed by atoms with Crippen molar-refractivity contribution in [3.8, 4) is 0 Å². The summed E-state index contributed by atoms with van der Waals surface area (Å²) in [6.07, 6.45) is 7.52. The molecule has 0 aliphatic carbocycles. The molecular weight excluding hydrogens is 200 g/mol. The van der Waals surface area contributed by atoms with Crippen molar-refractivity contribution in [3.05, 3.63) is 24.2 Å². The van der Waals surface area contributed by atoms with E-state index in [1.165, 1.54) is 37.9 Å². The summed E-state index contributed by atoms with van der Waals surface area (Å²) >= 11 is 0. The van der Waals surface area contributed by atoms with Crippen molar-refractivity contribution < 1.29 is 4.42 Å². The van der Waals surface area contributed by atoms with E-state index in [4.69, 9.17) is 4.42 Å². The molecule has 1 N–H and O–H groups in total. The highest BCUT2D eigenvalue weighted by Gasteiger charge is 2.19. The maximum atomic E-state index is 5.05. The van der Waals surface area contributed by atoms with Gasteiger partial charge in [-0.3, -0.25) is 4.90 Å². The summed E-state index contributed by atoms with van der Waals surface area (Å²) in [5, 5.41) is 3.51. The smallest absolute Gasteiger partial charge is 0.0947 e. The lowest BCUT2D eigenvalue weighted by Gasteiger charge is -2.26. The summed E-state index contributed by atoms with van der Waals surface area (Å²) < 4.78 is 5.05. The Kier molecular flexibility index (Phi) is 4.43. The molecule has 1 fully saturated rings. The lowest BCUT2D eigenvalue weighted by Crippen LogP contribution is -2.40. The van der Waals surface area contributed by atoms with E-state index in [2.05, 4.69) is 17.1 Å². The van der Waals surface area contributed by atoms with Crippen molar-refractivity contribution in [2.75, 3.05) is 19.6 Å². The topological polar surface area (TPSA) is 28.4 Å². The molecule has 0 aromatic carbocycles. The Bertz CT molecular complexity index is 278. The maximum Gasteiger partial charge on any atom is 0.0947 e. The van der Waals surface area contributed by atoms with Crippen LogP contribution in [-0.4, -0.2) is 30.6 Å². The van der Waals surface area contributed by atoms with Gasteiger partial charge >= 0.3 is 0 Å². The average molecular weight is 222 g/mol.